The third-order valence-electron chi connectivity index (χ3n) is 3.22. The molecule has 0 atom stereocenters. The van der Waals surface area contributed by atoms with Crippen LogP contribution in [0.15, 0.2) is 45.3 Å². The van der Waals surface area contributed by atoms with Gasteiger partial charge in [0.15, 0.2) is 0 Å². The summed E-state index contributed by atoms with van der Waals surface area (Å²) in [6.45, 7) is 5.53. The molecule has 1 N–H and O–H groups in total. The van der Waals surface area contributed by atoms with Gasteiger partial charge in [-0.2, -0.15) is 0 Å². The van der Waals surface area contributed by atoms with Gasteiger partial charge < -0.3 is 10.1 Å². The molecule has 0 unspecified atom stereocenters. The van der Waals surface area contributed by atoms with Crippen molar-refractivity contribution in [2.45, 2.75) is 26.8 Å². The summed E-state index contributed by atoms with van der Waals surface area (Å²) in [4.78, 5) is 0. The van der Waals surface area contributed by atoms with Crippen LogP contribution in [0.25, 0.3) is 0 Å². The zero-order valence-electron chi connectivity index (χ0n) is 12.2. The van der Waals surface area contributed by atoms with E-state index in [4.69, 9.17) is 4.74 Å². The largest absolute Gasteiger partial charge is 0.492 e. The van der Waals surface area contributed by atoms with Gasteiger partial charge in [-0.1, -0.05) is 35.0 Å². The molecule has 0 aromatic heterocycles. The topological polar surface area (TPSA) is 21.3 Å². The maximum absolute atomic E-state index is 5.74. The number of ether oxygens (including phenoxy) is 1. The number of halogens is 2. The molecule has 0 aliphatic rings. The summed E-state index contributed by atoms with van der Waals surface area (Å²) in [6.07, 6.45) is 1.06. The summed E-state index contributed by atoms with van der Waals surface area (Å²) in [5, 5.41) is 3.44. The molecular formula is C17H19Br2NO. The van der Waals surface area contributed by atoms with E-state index >= 15 is 0 Å². The van der Waals surface area contributed by atoms with Crippen LogP contribution in [0.5, 0.6) is 5.75 Å². The van der Waals surface area contributed by atoms with Crippen LogP contribution in [-0.4, -0.2) is 6.61 Å². The van der Waals surface area contributed by atoms with Gasteiger partial charge in [0.25, 0.3) is 0 Å². The number of hydrogen-bond acceptors (Lipinski definition) is 2. The summed E-state index contributed by atoms with van der Waals surface area (Å²) in [5.41, 5.74) is 3.59. The van der Waals surface area contributed by atoms with Crippen LogP contribution in [0.2, 0.25) is 0 Å². The maximum atomic E-state index is 5.74. The number of aryl methyl sites for hydroxylation is 1. The second-order valence-corrected chi connectivity index (χ2v) is 6.48. The first-order chi connectivity index (χ1) is 10.1. The van der Waals surface area contributed by atoms with Crippen molar-refractivity contribution >= 4 is 37.5 Å². The molecule has 0 fully saturated rings. The van der Waals surface area contributed by atoms with Gasteiger partial charge in [-0.15, -0.1) is 0 Å². The molecule has 2 aromatic carbocycles. The summed E-state index contributed by atoms with van der Waals surface area (Å²) >= 11 is 7.09. The Morgan fingerprint density at radius 1 is 1.05 bits per heavy atom. The van der Waals surface area contributed by atoms with Gasteiger partial charge in [0.2, 0.25) is 0 Å². The van der Waals surface area contributed by atoms with Crippen LogP contribution >= 0.6 is 31.9 Å². The average Bonchev–Trinajstić information content (AvgIpc) is 2.48. The molecule has 0 aliphatic heterocycles. The molecule has 0 radical (unpaired) electrons. The number of benzene rings is 2. The van der Waals surface area contributed by atoms with Crippen LogP contribution in [0.1, 0.15) is 25.0 Å². The van der Waals surface area contributed by atoms with E-state index in [9.17, 15) is 0 Å². The minimum absolute atomic E-state index is 0.651. The summed E-state index contributed by atoms with van der Waals surface area (Å²) in [7, 11) is 0. The summed E-state index contributed by atoms with van der Waals surface area (Å²) in [5.74, 6) is 0.901. The van der Waals surface area contributed by atoms with Gasteiger partial charge >= 0.3 is 0 Å². The molecule has 112 valence electrons. The minimum atomic E-state index is 0.651. The van der Waals surface area contributed by atoms with E-state index in [1.165, 1.54) is 5.56 Å². The summed E-state index contributed by atoms with van der Waals surface area (Å²) < 4.78 is 7.75. The van der Waals surface area contributed by atoms with Crippen molar-refractivity contribution in [1.29, 1.82) is 0 Å². The highest BCUT2D eigenvalue weighted by Gasteiger charge is 2.09. The lowest BCUT2D eigenvalue weighted by Crippen LogP contribution is -2.04. The van der Waals surface area contributed by atoms with Crippen LogP contribution in [0.3, 0.4) is 0 Å². The fourth-order valence-electron chi connectivity index (χ4n) is 2.11. The molecule has 0 amide bonds. The molecule has 21 heavy (non-hydrogen) atoms. The SMILES string of the molecule is CCOc1c(Br)cc(Br)cc1CNc1ccc(CC)cc1. The standard InChI is InChI=1S/C17H19Br2NO/c1-3-12-5-7-15(8-6-12)20-11-13-9-14(18)10-16(19)17(13)21-4-2/h5-10,20H,3-4,11H2,1-2H3. The normalized spacial score (nSPS) is 10.5. The van der Waals surface area contributed by atoms with Gasteiger partial charge in [-0.3, -0.25) is 0 Å². The maximum Gasteiger partial charge on any atom is 0.138 e. The molecule has 0 heterocycles. The van der Waals surface area contributed by atoms with Gasteiger partial charge in [0.1, 0.15) is 5.75 Å². The predicted molar refractivity (Wildman–Crippen MR) is 96.2 cm³/mol. The van der Waals surface area contributed by atoms with E-state index in [0.29, 0.717) is 6.61 Å². The fourth-order valence-corrected chi connectivity index (χ4v) is 3.53. The Balaban J connectivity index is 2.14. The number of rotatable bonds is 6. The molecular weight excluding hydrogens is 394 g/mol. The van der Waals surface area contributed by atoms with Crippen LogP contribution in [-0.2, 0) is 13.0 Å². The number of anilines is 1. The van der Waals surface area contributed by atoms with E-state index in [0.717, 1.165) is 38.9 Å². The highest BCUT2D eigenvalue weighted by molar-refractivity contribution is 9.11. The van der Waals surface area contributed by atoms with Crippen molar-refractivity contribution in [3.8, 4) is 5.75 Å². The van der Waals surface area contributed by atoms with Crippen molar-refractivity contribution < 1.29 is 4.74 Å². The zero-order chi connectivity index (χ0) is 15.2. The predicted octanol–water partition coefficient (Wildman–Crippen LogP) is 5.78. The number of hydrogen-bond donors (Lipinski definition) is 1. The lowest BCUT2D eigenvalue weighted by Gasteiger charge is -2.14. The Labute approximate surface area is 143 Å². The Morgan fingerprint density at radius 2 is 1.76 bits per heavy atom. The minimum Gasteiger partial charge on any atom is -0.492 e. The van der Waals surface area contributed by atoms with Gasteiger partial charge in [-0.25, -0.2) is 0 Å². The molecule has 0 saturated heterocycles. The van der Waals surface area contributed by atoms with Crippen molar-refractivity contribution in [2.75, 3.05) is 11.9 Å². The smallest absolute Gasteiger partial charge is 0.138 e. The van der Waals surface area contributed by atoms with Crippen LogP contribution in [0, 0.1) is 0 Å². The highest BCUT2D eigenvalue weighted by atomic mass is 79.9. The van der Waals surface area contributed by atoms with E-state index in [1.54, 1.807) is 0 Å². The first-order valence-corrected chi connectivity index (χ1v) is 8.66. The summed E-state index contributed by atoms with van der Waals surface area (Å²) in [6, 6.07) is 12.6. The molecule has 4 heteroatoms. The van der Waals surface area contributed by atoms with Crippen LogP contribution < -0.4 is 10.1 Å². The quantitative estimate of drug-likeness (QED) is 0.648. The van der Waals surface area contributed by atoms with Gasteiger partial charge in [0, 0.05) is 22.3 Å². The molecule has 2 rings (SSSR count). The molecule has 0 spiro atoms. The molecule has 2 aromatic rings. The van der Waals surface area contributed by atoms with Crippen LogP contribution in [0.4, 0.5) is 5.69 Å². The number of nitrogens with one attached hydrogen (secondary N) is 1. The van der Waals surface area contributed by atoms with Crippen molar-refractivity contribution in [1.82, 2.24) is 0 Å². The van der Waals surface area contributed by atoms with E-state index < -0.39 is 0 Å². The third-order valence-corrected chi connectivity index (χ3v) is 4.27. The zero-order valence-corrected chi connectivity index (χ0v) is 15.4. The van der Waals surface area contributed by atoms with E-state index in [1.807, 2.05) is 13.0 Å². The Kier molecular flexibility index (Phi) is 6.12. The van der Waals surface area contributed by atoms with Crippen molar-refractivity contribution in [2.24, 2.45) is 0 Å². The highest BCUT2D eigenvalue weighted by Crippen LogP contribution is 2.33. The Hall–Kier alpha value is -1.00. The second kappa shape index (κ2) is 7.85. The molecule has 2 nitrogen and oxygen atoms in total. The molecule has 0 bridgehead atoms. The van der Waals surface area contributed by atoms with Gasteiger partial charge in [-0.05, 0) is 59.1 Å². The van der Waals surface area contributed by atoms with E-state index in [2.05, 4.69) is 74.4 Å². The Bertz CT molecular complexity index is 596. The molecule has 0 saturated carbocycles. The average molecular weight is 413 g/mol. The first kappa shape index (κ1) is 16.4. The lowest BCUT2D eigenvalue weighted by atomic mass is 10.1. The van der Waals surface area contributed by atoms with Crippen molar-refractivity contribution in [3.05, 3.63) is 56.5 Å². The fraction of sp³-hybridized carbons (Fsp3) is 0.294. The first-order valence-electron chi connectivity index (χ1n) is 7.07. The van der Waals surface area contributed by atoms with Crippen molar-refractivity contribution in [3.63, 3.8) is 0 Å². The second-order valence-electron chi connectivity index (χ2n) is 4.71. The van der Waals surface area contributed by atoms with E-state index in [-0.39, 0.29) is 0 Å². The molecule has 0 aliphatic carbocycles. The monoisotopic (exact) mass is 411 g/mol. The lowest BCUT2D eigenvalue weighted by molar-refractivity contribution is 0.334. The van der Waals surface area contributed by atoms with Gasteiger partial charge in [0.05, 0.1) is 11.1 Å². The Morgan fingerprint density at radius 3 is 2.38 bits per heavy atom. The third kappa shape index (κ3) is 4.48.